The van der Waals surface area contributed by atoms with Gasteiger partial charge in [0.25, 0.3) is 5.91 Å². The highest BCUT2D eigenvalue weighted by Gasteiger charge is 2.52. The molecule has 0 unspecified atom stereocenters. The van der Waals surface area contributed by atoms with Crippen molar-refractivity contribution in [2.75, 3.05) is 19.6 Å². The van der Waals surface area contributed by atoms with Crippen LogP contribution < -0.4 is 0 Å². The van der Waals surface area contributed by atoms with Crippen molar-refractivity contribution in [2.45, 2.75) is 57.6 Å². The van der Waals surface area contributed by atoms with Gasteiger partial charge >= 0.3 is 6.09 Å². The lowest BCUT2D eigenvalue weighted by Crippen LogP contribution is -2.72. The van der Waals surface area contributed by atoms with Gasteiger partial charge in [0.2, 0.25) is 0 Å². The summed E-state index contributed by atoms with van der Waals surface area (Å²) >= 11 is 0. The van der Waals surface area contributed by atoms with Crippen molar-refractivity contribution < 1.29 is 14.3 Å². The molecule has 8 nitrogen and oxygen atoms in total. The van der Waals surface area contributed by atoms with Gasteiger partial charge in [0.1, 0.15) is 5.60 Å². The van der Waals surface area contributed by atoms with E-state index in [1.165, 1.54) is 4.68 Å². The lowest BCUT2D eigenvalue weighted by molar-refractivity contribution is -0.0549. The van der Waals surface area contributed by atoms with Crippen molar-refractivity contribution in [3.63, 3.8) is 0 Å². The van der Waals surface area contributed by atoms with Crippen molar-refractivity contribution in [1.82, 2.24) is 24.8 Å². The van der Waals surface area contributed by atoms with Gasteiger partial charge in [-0.1, -0.05) is 18.1 Å². The van der Waals surface area contributed by atoms with Crippen LogP contribution in [-0.2, 0) is 11.8 Å². The van der Waals surface area contributed by atoms with Crippen molar-refractivity contribution in [3.05, 3.63) is 11.9 Å². The number of amides is 2. The van der Waals surface area contributed by atoms with Crippen LogP contribution in [0.1, 0.15) is 56.9 Å². The molecule has 3 rings (SSSR count). The first-order chi connectivity index (χ1) is 11.7. The van der Waals surface area contributed by atoms with Gasteiger partial charge in [-0.05, 0) is 33.6 Å². The van der Waals surface area contributed by atoms with Crippen LogP contribution in [0.5, 0.6) is 0 Å². The molecule has 25 heavy (non-hydrogen) atoms. The fourth-order valence-corrected chi connectivity index (χ4v) is 3.62. The van der Waals surface area contributed by atoms with Crippen molar-refractivity contribution in [2.24, 2.45) is 7.05 Å². The predicted molar refractivity (Wildman–Crippen MR) is 91.0 cm³/mol. The Balaban J connectivity index is 1.74. The second-order valence-corrected chi connectivity index (χ2v) is 8.11. The quantitative estimate of drug-likeness (QED) is 0.772. The minimum Gasteiger partial charge on any atom is -0.444 e. The number of rotatable bonds is 1. The molecule has 0 aromatic carbocycles. The third-order valence-corrected chi connectivity index (χ3v) is 4.79. The van der Waals surface area contributed by atoms with Crippen LogP contribution in [0.3, 0.4) is 0 Å². The summed E-state index contributed by atoms with van der Waals surface area (Å²) in [5.74, 6) is -0.0983. The third-order valence-electron chi connectivity index (χ3n) is 4.79. The Kier molecular flexibility index (Phi) is 4.47. The van der Waals surface area contributed by atoms with Crippen LogP contribution in [0, 0.1) is 0 Å². The zero-order valence-corrected chi connectivity index (χ0v) is 15.5. The first kappa shape index (κ1) is 17.7. The molecule has 1 aromatic heterocycles. The Morgan fingerprint density at radius 2 is 1.92 bits per heavy atom. The normalized spacial score (nSPS) is 20.2. The highest BCUT2D eigenvalue weighted by Crippen LogP contribution is 2.37. The number of nitrogens with zero attached hydrogens (tertiary/aromatic N) is 5. The van der Waals surface area contributed by atoms with Gasteiger partial charge in [-0.15, -0.1) is 5.10 Å². The molecule has 2 aliphatic heterocycles. The molecule has 138 valence electrons. The minimum absolute atomic E-state index is 0.0983. The van der Waals surface area contributed by atoms with Gasteiger partial charge in [-0.25, -0.2) is 4.79 Å². The Bertz CT molecular complexity index is 657. The zero-order valence-electron chi connectivity index (χ0n) is 15.5. The summed E-state index contributed by atoms with van der Waals surface area (Å²) < 4.78 is 6.98. The lowest BCUT2D eigenvalue weighted by atomic mass is 9.83. The summed E-state index contributed by atoms with van der Waals surface area (Å²) in [6.45, 7) is 7.31. The average Bonchev–Trinajstić information content (AvgIpc) is 2.78. The molecule has 0 N–H and O–H groups in total. The molecule has 0 aliphatic carbocycles. The van der Waals surface area contributed by atoms with Crippen molar-refractivity contribution in [1.29, 1.82) is 0 Å². The molecule has 2 amide bonds. The topological polar surface area (TPSA) is 80.6 Å². The summed E-state index contributed by atoms with van der Waals surface area (Å²) in [4.78, 5) is 28.8. The maximum atomic E-state index is 13.0. The second kappa shape index (κ2) is 6.31. The second-order valence-electron chi connectivity index (χ2n) is 8.11. The van der Waals surface area contributed by atoms with Gasteiger partial charge in [0, 0.05) is 26.7 Å². The number of aryl methyl sites for hydroxylation is 1. The van der Waals surface area contributed by atoms with Crippen LogP contribution in [-0.4, -0.2) is 67.6 Å². The molecule has 0 saturated carbocycles. The van der Waals surface area contributed by atoms with Crippen LogP contribution in [0.2, 0.25) is 0 Å². The van der Waals surface area contributed by atoms with Crippen LogP contribution >= 0.6 is 0 Å². The SMILES string of the molecule is Cn1cc(C(=O)N2CCCCCC23CN(C(=O)OC(C)(C)C)C3)nn1. The van der Waals surface area contributed by atoms with E-state index in [4.69, 9.17) is 4.74 Å². The fourth-order valence-electron chi connectivity index (χ4n) is 3.62. The molecule has 0 atom stereocenters. The molecular formula is C17H27N5O3. The van der Waals surface area contributed by atoms with E-state index >= 15 is 0 Å². The van der Waals surface area contributed by atoms with E-state index in [1.54, 1.807) is 18.1 Å². The molecular weight excluding hydrogens is 322 g/mol. The largest absolute Gasteiger partial charge is 0.444 e. The van der Waals surface area contributed by atoms with Gasteiger partial charge in [-0.3, -0.25) is 9.48 Å². The monoisotopic (exact) mass is 349 g/mol. The van der Waals surface area contributed by atoms with Gasteiger partial charge < -0.3 is 14.5 Å². The van der Waals surface area contributed by atoms with Crippen LogP contribution in [0.15, 0.2) is 6.20 Å². The molecule has 2 fully saturated rings. The minimum atomic E-state index is -0.515. The third kappa shape index (κ3) is 3.62. The van der Waals surface area contributed by atoms with Crippen LogP contribution in [0.4, 0.5) is 4.79 Å². The average molecular weight is 349 g/mol. The summed E-state index contributed by atoms with van der Waals surface area (Å²) in [7, 11) is 1.75. The van der Waals surface area contributed by atoms with E-state index in [1.807, 2.05) is 25.7 Å². The van der Waals surface area contributed by atoms with E-state index in [0.717, 1.165) is 25.7 Å². The van der Waals surface area contributed by atoms with Gasteiger partial charge in [0.15, 0.2) is 5.69 Å². The molecule has 0 radical (unpaired) electrons. The smallest absolute Gasteiger partial charge is 0.410 e. The van der Waals surface area contributed by atoms with Crippen molar-refractivity contribution >= 4 is 12.0 Å². The standard InChI is InChI=1S/C17H27N5O3/c1-16(2,3)25-15(24)21-11-17(12-21)8-6-5-7-9-22(17)14(23)13-10-20(4)19-18-13/h10H,5-9,11-12H2,1-4H3. The zero-order chi connectivity index (χ0) is 18.2. The van der Waals surface area contributed by atoms with Gasteiger partial charge in [0.05, 0.1) is 11.7 Å². The number of carbonyl (C=O) groups is 2. The van der Waals surface area contributed by atoms with E-state index in [2.05, 4.69) is 10.3 Å². The predicted octanol–water partition coefficient (Wildman–Crippen LogP) is 1.82. The number of ether oxygens (including phenoxy) is 1. The number of carbonyl (C=O) groups excluding carboxylic acids is 2. The van der Waals surface area contributed by atoms with Crippen molar-refractivity contribution in [3.8, 4) is 0 Å². The van der Waals surface area contributed by atoms with E-state index in [0.29, 0.717) is 25.3 Å². The Hall–Kier alpha value is -2.12. The maximum absolute atomic E-state index is 13.0. The maximum Gasteiger partial charge on any atom is 0.410 e. The lowest BCUT2D eigenvalue weighted by Gasteiger charge is -2.54. The molecule has 1 spiro atoms. The fraction of sp³-hybridized carbons (Fsp3) is 0.765. The molecule has 8 heteroatoms. The first-order valence-corrected chi connectivity index (χ1v) is 8.86. The Labute approximate surface area is 148 Å². The molecule has 0 bridgehead atoms. The number of hydrogen-bond donors (Lipinski definition) is 0. The van der Waals surface area contributed by atoms with E-state index in [-0.39, 0.29) is 17.5 Å². The summed E-state index contributed by atoms with van der Waals surface area (Å²) in [6.07, 6.45) is 5.36. The summed E-state index contributed by atoms with van der Waals surface area (Å²) in [6, 6.07) is 0. The molecule has 2 aliphatic rings. The number of likely N-dealkylation sites (tertiary alicyclic amines) is 2. The van der Waals surface area contributed by atoms with Gasteiger partial charge in [-0.2, -0.15) is 0 Å². The molecule has 3 heterocycles. The summed E-state index contributed by atoms with van der Waals surface area (Å²) in [5, 5.41) is 7.83. The first-order valence-electron chi connectivity index (χ1n) is 8.86. The van der Waals surface area contributed by atoms with Crippen LogP contribution in [0.25, 0.3) is 0 Å². The molecule has 1 aromatic rings. The Morgan fingerprint density at radius 3 is 2.52 bits per heavy atom. The van der Waals surface area contributed by atoms with E-state index < -0.39 is 5.60 Å². The Morgan fingerprint density at radius 1 is 1.20 bits per heavy atom. The highest BCUT2D eigenvalue weighted by atomic mass is 16.6. The van der Waals surface area contributed by atoms with E-state index in [9.17, 15) is 9.59 Å². The number of aromatic nitrogens is 3. The highest BCUT2D eigenvalue weighted by molar-refractivity contribution is 5.93. The number of hydrogen-bond acceptors (Lipinski definition) is 5. The molecule has 2 saturated heterocycles. The summed E-state index contributed by atoms with van der Waals surface area (Å²) in [5.41, 5.74) is -0.458.